The van der Waals surface area contributed by atoms with Gasteiger partial charge in [0.25, 0.3) is 11.8 Å². The van der Waals surface area contributed by atoms with Crippen LogP contribution in [0.15, 0.2) is 78.1 Å². The van der Waals surface area contributed by atoms with Crippen LogP contribution in [-0.4, -0.2) is 90.9 Å². The minimum absolute atomic E-state index is 0.0305. The quantitative estimate of drug-likeness (QED) is 0.264. The Hall–Kier alpha value is -5.54. The third kappa shape index (κ3) is 5.57. The van der Waals surface area contributed by atoms with Gasteiger partial charge in [-0.2, -0.15) is 13.2 Å². The van der Waals surface area contributed by atoms with Crippen molar-refractivity contribution >= 4 is 34.7 Å². The monoisotopic (exact) mass is 638 g/mol. The van der Waals surface area contributed by atoms with Crippen molar-refractivity contribution in [3.63, 3.8) is 0 Å². The maximum absolute atomic E-state index is 13.9. The van der Waals surface area contributed by atoms with E-state index < -0.39 is 41.2 Å². The predicted molar refractivity (Wildman–Crippen MR) is 157 cm³/mol. The average molecular weight is 639 g/mol. The Morgan fingerprint density at radius 3 is 2.17 bits per heavy atom. The number of alkyl halides is 3. The molecule has 0 atom stereocenters. The molecule has 1 N–H and O–H groups in total. The molecule has 2 saturated heterocycles. The van der Waals surface area contributed by atoms with E-state index in [9.17, 15) is 36.7 Å². The van der Waals surface area contributed by atoms with Crippen LogP contribution in [0, 0.1) is 0 Å². The van der Waals surface area contributed by atoms with Crippen molar-refractivity contribution in [2.45, 2.75) is 12.2 Å². The molecule has 5 heterocycles. The molecule has 2 fully saturated rings. The molecule has 12 nitrogen and oxygen atoms in total. The lowest BCUT2D eigenvalue weighted by atomic mass is 10.1. The molecule has 1 aromatic carbocycles. The van der Waals surface area contributed by atoms with Crippen molar-refractivity contribution in [1.29, 1.82) is 0 Å². The zero-order valence-electron chi connectivity index (χ0n) is 24.1. The molecular formula is C30H26F4N8O4. The highest BCUT2D eigenvalue weighted by Crippen LogP contribution is 2.31. The minimum Gasteiger partial charge on any atom is -0.335 e. The molecule has 46 heavy (non-hydrogen) atoms. The number of urea groups is 1. The summed E-state index contributed by atoms with van der Waals surface area (Å²) in [5.74, 6) is -2.58. The molecule has 6 rings (SSSR count). The summed E-state index contributed by atoms with van der Waals surface area (Å²) in [5, 5.41) is 2.81. The summed E-state index contributed by atoms with van der Waals surface area (Å²) in [6.45, 7) is 3.68. The van der Waals surface area contributed by atoms with Gasteiger partial charge in [-0.15, -0.1) is 0 Å². The van der Waals surface area contributed by atoms with Gasteiger partial charge in [0.05, 0.1) is 23.5 Å². The van der Waals surface area contributed by atoms with Gasteiger partial charge in [-0.05, 0) is 30.3 Å². The number of amides is 4. The normalized spacial score (nSPS) is 15.5. The number of carbonyl (C=O) groups excluding carboxylic acids is 3. The number of likely N-dealkylation sites (tertiary alicyclic amines) is 1. The molecule has 0 saturated carbocycles. The largest absolute Gasteiger partial charge is 0.433 e. The highest BCUT2D eigenvalue weighted by Gasteiger charge is 2.38. The van der Waals surface area contributed by atoms with Gasteiger partial charge in [0.15, 0.2) is 11.5 Å². The van der Waals surface area contributed by atoms with Crippen molar-refractivity contribution in [2.75, 3.05) is 44.6 Å². The number of hydrogen-bond donors (Lipinski definition) is 1. The van der Waals surface area contributed by atoms with Crippen LogP contribution < -0.4 is 11.0 Å². The maximum atomic E-state index is 13.9. The maximum Gasteiger partial charge on any atom is 0.433 e. The summed E-state index contributed by atoms with van der Waals surface area (Å²) < 4.78 is 55.5. The Morgan fingerprint density at radius 1 is 0.891 bits per heavy atom. The Balaban J connectivity index is 1.33. The first-order valence-electron chi connectivity index (χ1n) is 14.1. The van der Waals surface area contributed by atoms with Crippen molar-refractivity contribution in [3.05, 3.63) is 95.1 Å². The van der Waals surface area contributed by atoms with Gasteiger partial charge in [-0.25, -0.2) is 23.9 Å². The molecule has 0 spiro atoms. The third-order valence-corrected chi connectivity index (χ3v) is 7.91. The summed E-state index contributed by atoms with van der Waals surface area (Å²) >= 11 is 0. The van der Waals surface area contributed by atoms with E-state index in [0.717, 1.165) is 27.8 Å². The van der Waals surface area contributed by atoms with Crippen LogP contribution in [0.4, 0.5) is 28.0 Å². The second kappa shape index (κ2) is 11.8. The highest BCUT2D eigenvalue weighted by atomic mass is 19.4. The topological polar surface area (TPSA) is 126 Å². The van der Waals surface area contributed by atoms with Crippen LogP contribution in [0.2, 0.25) is 0 Å². The number of benzene rings is 1. The average Bonchev–Trinajstić information content (AvgIpc) is 3.31. The van der Waals surface area contributed by atoms with E-state index in [1.807, 2.05) is 6.07 Å². The standard InChI is InChI=1S/C30H26F4N8O4/c1-18(31)26(43)40-16-21(17-40)42-25-24(41(29(42)46)20-7-8-23(36-15-20)30(32,33)34)22(9-10-35-25)27(44)38-11-13-39(14-12-38)28(45)37-19-5-3-2-4-6-19/h2-10,15,21H,1,11-14,16-17H2,(H,37,45). The van der Waals surface area contributed by atoms with E-state index in [1.54, 1.807) is 29.2 Å². The summed E-state index contributed by atoms with van der Waals surface area (Å²) in [4.78, 5) is 64.6. The lowest BCUT2D eigenvalue weighted by molar-refractivity contribution is -0.141. The molecule has 0 radical (unpaired) electrons. The van der Waals surface area contributed by atoms with E-state index in [2.05, 4.69) is 21.9 Å². The van der Waals surface area contributed by atoms with Crippen LogP contribution in [0.25, 0.3) is 16.9 Å². The summed E-state index contributed by atoms with van der Waals surface area (Å²) in [6, 6.07) is 11.1. The van der Waals surface area contributed by atoms with Crippen molar-refractivity contribution in [3.8, 4) is 5.69 Å². The SMILES string of the molecule is C=C(F)C(=O)N1CC(n2c(=O)n(-c3ccc(C(F)(F)F)nc3)c3c(C(=O)N4CCN(C(=O)Nc5ccccc5)CC4)ccnc32)C1. The zero-order valence-corrected chi connectivity index (χ0v) is 24.1. The molecule has 2 aliphatic heterocycles. The molecule has 4 amide bonds. The molecule has 4 aromatic rings. The number of carbonyl (C=O) groups is 3. The van der Waals surface area contributed by atoms with Gasteiger partial charge in [0.1, 0.15) is 11.2 Å². The zero-order chi connectivity index (χ0) is 32.7. The lowest BCUT2D eigenvalue weighted by Gasteiger charge is -2.39. The summed E-state index contributed by atoms with van der Waals surface area (Å²) in [6.07, 6.45) is -2.51. The lowest BCUT2D eigenvalue weighted by Crippen LogP contribution is -2.52. The van der Waals surface area contributed by atoms with Gasteiger partial charge in [0.2, 0.25) is 0 Å². The first-order valence-corrected chi connectivity index (χ1v) is 14.1. The number of piperazine rings is 1. The second-order valence-electron chi connectivity index (χ2n) is 10.8. The number of aromatic nitrogens is 4. The van der Waals surface area contributed by atoms with E-state index in [1.165, 1.54) is 21.7 Å². The fourth-order valence-corrected chi connectivity index (χ4v) is 5.52. The van der Waals surface area contributed by atoms with E-state index in [0.29, 0.717) is 5.69 Å². The van der Waals surface area contributed by atoms with Gasteiger partial charge >= 0.3 is 17.9 Å². The van der Waals surface area contributed by atoms with Crippen molar-refractivity contribution in [2.24, 2.45) is 0 Å². The van der Waals surface area contributed by atoms with Crippen molar-refractivity contribution < 1.29 is 31.9 Å². The molecule has 0 aliphatic carbocycles. The number of nitrogens with one attached hydrogen (secondary N) is 1. The highest BCUT2D eigenvalue weighted by molar-refractivity contribution is 6.05. The van der Waals surface area contributed by atoms with Gasteiger partial charge < -0.3 is 20.0 Å². The van der Waals surface area contributed by atoms with Crippen LogP contribution in [0.1, 0.15) is 22.1 Å². The second-order valence-corrected chi connectivity index (χ2v) is 10.8. The van der Waals surface area contributed by atoms with Crippen LogP contribution in [0.5, 0.6) is 0 Å². The first-order chi connectivity index (χ1) is 21.9. The number of nitrogens with zero attached hydrogens (tertiary/aromatic N) is 7. The number of pyridine rings is 2. The smallest absolute Gasteiger partial charge is 0.335 e. The van der Waals surface area contributed by atoms with Gasteiger partial charge in [0, 0.05) is 51.2 Å². The molecule has 2 aliphatic rings. The molecule has 0 unspecified atom stereocenters. The Kier molecular flexibility index (Phi) is 7.79. The van der Waals surface area contributed by atoms with Crippen LogP contribution >= 0.6 is 0 Å². The predicted octanol–water partition coefficient (Wildman–Crippen LogP) is 3.46. The van der Waals surface area contributed by atoms with Gasteiger partial charge in [-0.1, -0.05) is 24.8 Å². The Morgan fingerprint density at radius 2 is 1.57 bits per heavy atom. The molecule has 16 heteroatoms. The first kappa shape index (κ1) is 30.5. The number of rotatable bonds is 5. The van der Waals surface area contributed by atoms with E-state index in [-0.39, 0.29) is 67.7 Å². The molecule has 3 aromatic heterocycles. The number of anilines is 1. The fraction of sp³-hybridized carbons (Fsp3) is 0.267. The molecule has 238 valence electrons. The number of imidazole rings is 1. The number of hydrogen-bond acceptors (Lipinski definition) is 6. The number of para-hydroxylation sites is 1. The van der Waals surface area contributed by atoms with Gasteiger partial charge in [-0.3, -0.25) is 18.7 Å². The molecule has 0 bridgehead atoms. The Bertz CT molecular complexity index is 1890. The summed E-state index contributed by atoms with van der Waals surface area (Å²) in [7, 11) is 0. The van der Waals surface area contributed by atoms with Crippen LogP contribution in [-0.2, 0) is 11.0 Å². The summed E-state index contributed by atoms with van der Waals surface area (Å²) in [5.41, 5.74) is -1.20. The van der Waals surface area contributed by atoms with E-state index in [4.69, 9.17) is 0 Å². The molecular weight excluding hydrogens is 612 g/mol. The fourth-order valence-electron chi connectivity index (χ4n) is 5.52. The number of halogens is 4. The van der Waals surface area contributed by atoms with E-state index >= 15 is 0 Å². The number of fused-ring (bicyclic) bond motifs is 1. The third-order valence-electron chi connectivity index (χ3n) is 7.91. The van der Waals surface area contributed by atoms with Crippen LogP contribution in [0.3, 0.4) is 0 Å². The van der Waals surface area contributed by atoms with Crippen molar-refractivity contribution in [1.82, 2.24) is 33.8 Å². The minimum atomic E-state index is -4.72. The Labute approximate surface area is 258 Å².